The third-order valence-corrected chi connectivity index (χ3v) is 7.26. The molecular weight excluding hydrogens is 418 g/mol. The number of hydrogen-bond acceptors (Lipinski definition) is 4. The molecule has 0 radical (unpaired) electrons. The Hall–Kier alpha value is -3.12. The Balaban J connectivity index is 1.48. The number of thiazole rings is 1. The van der Waals surface area contributed by atoms with Crippen molar-refractivity contribution in [3.8, 4) is 16.9 Å². The largest absolute Gasteiger partial charge is 0.491 e. The highest BCUT2D eigenvalue weighted by Crippen LogP contribution is 2.32. The number of aromatic nitrogens is 2. The first-order valence-electron chi connectivity index (χ1n) is 11.0. The number of rotatable bonds is 3. The molecule has 32 heavy (non-hydrogen) atoms. The van der Waals surface area contributed by atoms with Crippen LogP contribution in [0.2, 0.25) is 0 Å². The molecule has 0 unspecified atom stereocenters. The number of hydrogen-bond donors (Lipinski definition) is 0. The van der Waals surface area contributed by atoms with Crippen molar-refractivity contribution >= 4 is 27.6 Å². The molecule has 0 bridgehead atoms. The van der Waals surface area contributed by atoms with E-state index in [4.69, 9.17) is 4.74 Å². The molecule has 2 aromatic carbocycles. The number of carbonyl (C=O) groups is 1. The summed E-state index contributed by atoms with van der Waals surface area (Å²) in [6, 6.07) is 14.8. The summed E-state index contributed by atoms with van der Waals surface area (Å²) >= 11 is 1.64. The Bertz CT molecular complexity index is 1330. The third-order valence-electron chi connectivity index (χ3n) is 6.25. The summed E-state index contributed by atoms with van der Waals surface area (Å²) in [5.41, 5.74) is 7.52. The van der Waals surface area contributed by atoms with Crippen LogP contribution in [-0.2, 0) is 13.1 Å². The number of ether oxygens (including phenoxy) is 1. The van der Waals surface area contributed by atoms with E-state index in [0.717, 1.165) is 38.8 Å². The van der Waals surface area contributed by atoms with Crippen molar-refractivity contribution in [2.24, 2.45) is 0 Å². The molecule has 0 N–H and O–H groups in total. The van der Waals surface area contributed by atoms with E-state index in [1.807, 2.05) is 24.0 Å². The molecule has 4 aromatic rings. The molecule has 0 aliphatic carbocycles. The van der Waals surface area contributed by atoms with Gasteiger partial charge < -0.3 is 14.2 Å². The fourth-order valence-electron chi connectivity index (χ4n) is 4.36. The van der Waals surface area contributed by atoms with Gasteiger partial charge in [0.2, 0.25) is 0 Å². The van der Waals surface area contributed by atoms with Crippen molar-refractivity contribution in [3.63, 3.8) is 0 Å². The second-order valence-electron chi connectivity index (χ2n) is 8.39. The second-order valence-corrected chi connectivity index (χ2v) is 9.58. The van der Waals surface area contributed by atoms with Crippen LogP contribution in [0.4, 0.5) is 0 Å². The SMILES string of the molecule is CCn1c(C(=O)N2CCOc3ccc(-c4ccc(C)c(C)c4)cc3C2)cc2nc(C)sc21. The van der Waals surface area contributed by atoms with Gasteiger partial charge in [-0.3, -0.25) is 4.79 Å². The van der Waals surface area contributed by atoms with Crippen molar-refractivity contribution in [1.29, 1.82) is 0 Å². The van der Waals surface area contributed by atoms with E-state index in [0.29, 0.717) is 25.4 Å². The van der Waals surface area contributed by atoms with Crippen molar-refractivity contribution in [2.75, 3.05) is 13.2 Å². The molecular formula is C26H27N3O2S. The van der Waals surface area contributed by atoms with E-state index >= 15 is 0 Å². The zero-order valence-electron chi connectivity index (χ0n) is 18.9. The molecule has 0 saturated carbocycles. The van der Waals surface area contributed by atoms with E-state index in [1.165, 1.54) is 16.7 Å². The predicted octanol–water partition coefficient (Wildman–Crippen LogP) is 5.74. The summed E-state index contributed by atoms with van der Waals surface area (Å²) < 4.78 is 8.09. The Morgan fingerprint density at radius 2 is 1.84 bits per heavy atom. The first-order valence-corrected chi connectivity index (χ1v) is 11.9. The maximum Gasteiger partial charge on any atom is 0.271 e. The summed E-state index contributed by atoms with van der Waals surface area (Å²) in [6.45, 7) is 10.6. The van der Waals surface area contributed by atoms with Crippen molar-refractivity contribution < 1.29 is 9.53 Å². The normalized spacial score (nSPS) is 13.7. The Labute approximate surface area is 192 Å². The molecule has 1 aliphatic heterocycles. The lowest BCUT2D eigenvalue weighted by Crippen LogP contribution is -2.33. The molecule has 3 heterocycles. The van der Waals surface area contributed by atoms with Crippen LogP contribution in [0, 0.1) is 20.8 Å². The maximum absolute atomic E-state index is 13.6. The van der Waals surface area contributed by atoms with E-state index in [-0.39, 0.29) is 5.91 Å². The lowest BCUT2D eigenvalue weighted by atomic mass is 9.98. The molecule has 5 nitrogen and oxygen atoms in total. The van der Waals surface area contributed by atoms with Crippen LogP contribution in [0.1, 0.15) is 39.1 Å². The fourth-order valence-corrected chi connectivity index (χ4v) is 5.33. The number of nitrogens with zero attached hydrogens (tertiary/aromatic N) is 3. The zero-order chi connectivity index (χ0) is 22.4. The van der Waals surface area contributed by atoms with Gasteiger partial charge >= 0.3 is 0 Å². The van der Waals surface area contributed by atoms with Crippen LogP contribution in [0.15, 0.2) is 42.5 Å². The van der Waals surface area contributed by atoms with E-state index in [9.17, 15) is 4.79 Å². The molecule has 5 rings (SSSR count). The van der Waals surface area contributed by atoms with Crippen molar-refractivity contribution in [1.82, 2.24) is 14.5 Å². The maximum atomic E-state index is 13.6. The monoisotopic (exact) mass is 445 g/mol. The summed E-state index contributed by atoms with van der Waals surface area (Å²) in [4.78, 5) is 21.1. The van der Waals surface area contributed by atoms with Gasteiger partial charge in [-0.2, -0.15) is 0 Å². The number of benzene rings is 2. The standard InChI is InChI=1S/C26H27N3O2S/c1-5-29-23(14-22-26(29)32-18(4)27-22)25(30)28-10-11-31-24-9-8-20(13-21(24)15-28)19-7-6-16(2)17(3)12-19/h6-9,12-14H,5,10-11,15H2,1-4H3. The van der Waals surface area contributed by atoms with Crippen LogP contribution in [0.5, 0.6) is 5.75 Å². The first-order chi connectivity index (χ1) is 15.4. The summed E-state index contributed by atoms with van der Waals surface area (Å²) in [7, 11) is 0. The van der Waals surface area contributed by atoms with Gasteiger partial charge in [0.1, 0.15) is 28.4 Å². The Morgan fingerprint density at radius 3 is 2.62 bits per heavy atom. The Morgan fingerprint density at radius 1 is 1.06 bits per heavy atom. The molecule has 0 spiro atoms. The molecule has 2 aromatic heterocycles. The molecule has 1 aliphatic rings. The highest BCUT2D eigenvalue weighted by atomic mass is 32.1. The number of amides is 1. The second kappa shape index (κ2) is 8.10. The molecule has 0 atom stereocenters. The van der Waals surface area contributed by atoms with Crippen LogP contribution < -0.4 is 4.74 Å². The van der Waals surface area contributed by atoms with E-state index in [2.05, 4.69) is 60.7 Å². The van der Waals surface area contributed by atoms with Crippen molar-refractivity contribution in [3.05, 3.63) is 69.9 Å². The highest BCUT2D eigenvalue weighted by Gasteiger charge is 2.25. The quantitative estimate of drug-likeness (QED) is 0.404. The van der Waals surface area contributed by atoms with Gasteiger partial charge in [0.05, 0.1) is 11.6 Å². The topological polar surface area (TPSA) is 47.4 Å². The molecule has 0 saturated heterocycles. The zero-order valence-corrected chi connectivity index (χ0v) is 19.8. The molecule has 164 valence electrons. The van der Waals surface area contributed by atoms with E-state index in [1.54, 1.807) is 11.3 Å². The van der Waals surface area contributed by atoms with E-state index < -0.39 is 0 Å². The minimum Gasteiger partial charge on any atom is -0.491 e. The number of carbonyl (C=O) groups excluding carboxylic acids is 1. The lowest BCUT2D eigenvalue weighted by Gasteiger charge is -2.21. The van der Waals surface area contributed by atoms with Crippen LogP contribution in [0.25, 0.3) is 21.5 Å². The molecule has 0 fully saturated rings. The minimum absolute atomic E-state index is 0.0303. The minimum atomic E-state index is 0.0303. The first kappa shape index (κ1) is 20.8. The average Bonchev–Trinajstić information content (AvgIpc) is 3.21. The van der Waals surface area contributed by atoms with Gasteiger partial charge in [-0.15, -0.1) is 11.3 Å². The predicted molar refractivity (Wildman–Crippen MR) is 130 cm³/mol. The van der Waals surface area contributed by atoms with Crippen LogP contribution >= 0.6 is 11.3 Å². The third kappa shape index (κ3) is 3.58. The fraction of sp³-hybridized carbons (Fsp3) is 0.308. The van der Waals surface area contributed by atoms with Crippen molar-refractivity contribution in [2.45, 2.75) is 40.8 Å². The summed E-state index contributed by atoms with van der Waals surface area (Å²) in [5.74, 6) is 0.889. The van der Waals surface area contributed by atoms with Gasteiger partial charge in [-0.1, -0.05) is 24.3 Å². The summed E-state index contributed by atoms with van der Waals surface area (Å²) in [5, 5.41) is 1.02. The smallest absolute Gasteiger partial charge is 0.271 e. The highest BCUT2D eigenvalue weighted by molar-refractivity contribution is 7.18. The summed E-state index contributed by atoms with van der Waals surface area (Å²) in [6.07, 6.45) is 0. The van der Waals surface area contributed by atoms with Gasteiger partial charge in [0.25, 0.3) is 5.91 Å². The van der Waals surface area contributed by atoms with Gasteiger partial charge in [0.15, 0.2) is 0 Å². The molecule has 6 heteroatoms. The molecule has 1 amide bonds. The average molecular weight is 446 g/mol. The lowest BCUT2D eigenvalue weighted by molar-refractivity contribution is 0.0723. The van der Waals surface area contributed by atoms with Gasteiger partial charge in [-0.05, 0) is 68.1 Å². The van der Waals surface area contributed by atoms with Gasteiger partial charge in [-0.25, -0.2) is 4.98 Å². The number of fused-ring (bicyclic) bond motifs is 2. The van der Waals surface area contributed by atoms with Crippen LogP contribution in [0.3, 0.4) is 0 Å². The number of aryl methyl sites for hydroxylation is 4. The van der Waals surface area contributed by atoms with Gasteiger partial charge in [0, 0.05) is 18.7 Å². The Kier molecular flexibility index (Phi) is 5.25. The van der Waals surface area contributed by atoms with Crippen LogP contribution in [-0.4, -0.2) is 33.5 Å².